The standard InChI is InChI=1S/C11H22N2O2/c1-11(2,3)10(15)13-9-8(7-14)5-4-6-12-9/h7-10,12-13,15H,4-6H2,1-3H3. The van der Waals surface area contributed by atoms with Crippen LogP contribution in [0.4, 0.5) is 0 Å². The number of aldehydes is 1. The van der Waals surface area contributed by atoms with E-state index in [-0.39, 0.29) is 17.5 Å². The Hall–Kier alpha value is -0.450. The molecule has 0 bridgehead atoms. The normalized spacial score (nSPS) is 29.9. The van der Waals surface area contributed by atoms with Gasteiger partial charge in [0.25, 0.3) is 0 Å². The smallest absolute Gasteiger partial charge is 0.125 e. The van der Waals surface area contributed by atoms with E-state index < -0.39 is 6.23 Å². The third-order valence-electron chi connectivity index (χ3n) is 2.84. The summed E-state index contributed by atoms with van der Waals surface area (Å²) >= 11 is 0. The summed E-state index contributed by atoms with van der Waals surface area (Å²) in [5, 5.41) is 16.2. The third-order valence-corrected chi connectivity index (χ3v) is 2.84. The maximum atomic E-state index is 10.8. The number of carbonyl (C=O) groups excluding carboxylic acids is 1. The lowest BCUT2D eigenvalue weighted by Crippen LogP contribution is -2.57. The van der Waals surface area contributed by atoms with Gasteiger partial charge in [-0.1, -0.05) is 20.8 Å². The van der Waals surface area contributed by atoms with E-state index in [0.717, 1.165) is 25.7 Å². The first-order chi connectivity index (χ1) is 6.95. The van der Waals surface area contributed by atoms with Crippen LogP contribution in [-0.4, -0.2) is 30.3 Å². The first-order valence-electron chi connectivity index (χ1n) is 5.58. The van der Waals surface area contributed by atoms with Gasteiger partial charge in [-0.05, 0) is 19.4 Å². The van der Waals surface area contributed by atoms with Crippen molar-refractivity contribution in [3.8, 4) is 0 Å². The van der Waals surface area contributed by atoms with Crippen LogP contribution in [0.5, 0.6) is 0 Å². The molecule has 1 fully saturated rings. The highest BCUT2D eigenvalue weighted by atomic mass is 16.3. The summed E-state index contributed by atoms with van der Waals surface area (Å²) in [6.45, 7) is 6.79. The first kappa shape index (κ1) is 12.6. The summed E-state index contributed by atoms with van der Waals surface area (Å²) in [5.41, 5.74) is -0.216. The quantitative estimate of drug-likeness (QED) is 0.472. The zero-order chi connectivity index (χ0) is 11.5. The van der Waals surface area contributed by atoms with Crippen LogP contribution >= 0.6 is 0 Å². The highest BCUT2D eigenvalue weighted by Crippen LogP contribution is 2.19. The minimum absolute atomic E-state index is 0.0317. The van der Waals surface area contributed by atoms with Crippen molar-refractivity contribution in [1.29, 1.82) is 0 Å². The van der Waals surface area contributed by atoms with Crippen LogP contribution in [0, 0.1) is 11.3 Å². The molecule has 4 nitrogen and oxygen atoms in total. The minimum atomic E-state index is -0.601. The van der Waals surface area contributed by atoms with Gasteiger partial charge in [0.1, 0.15) is 12.5 Å². The van der Waals surface area contributed by atoms with Gasteiger partial charge in [-0.15, -0.1) is 0 Å². The van der Waals surface area contributed by atoms with E-state index in [1.165, 1.54) is 0 Å². The molecular formula is C11H22N2O2. The fourth-order valence-electron chi connectivity index (χ4n) is 1.66. The molecule has 0 aliphatic carbocycles. The molecule has 3 unspecified atom stereocenters. The molecule has 0 aromatic heterocycles. The van der Waals surface area contributed by atoms with Gasteiger partial charge in [-0.2, -0.15) is 0 Å². The number of rotatable bonds is 3. The van der Waals surface area contributed by atoms with E-state index >= 15 is 0 Å². The van der Waals surface area contributed by atoms with Gasteiger partial charge in [0.05, 0.1) is 6.17 Å². The Labute approximate surface area is 91.4 Å². The molecular weight excluding hydrogens is 192 g/mol. The van der Waals surface area contributed by atoms with Gasteiger partial charge < -0.3 is 15.2 Å². The molecule has 3 N–H and O–H groups in total. The van der Waals surface area contributed by atoms with E-state index in [1.54, 1.807) is 0 Å². The van der Waals surface area contributed by atoms with Crippen LogP contribution in [0.3, 0.4) is 0 Å². The van der Waals surface area contributed by atoms with Crippen LogP contribution in [0.15, 0.2) is 0 Å². The van der Waals surface area contributed by atoms with E-state index in [4.69, 9.17) is 0 Å². The van der Waals surface area contributed by atoms with Crippen molar-refractivity contribution in [2.75, 3.05) is 6.54 Å². The van der Waals surface area contributed by atoms with Crippen molar-refractivity contribution in [2.45, 2.75) is 46.0 Å². The summed E-state index contributed by atoms with van der Waals surface area (Å²) in [7, 11) is 0. The molecule has 15 heavy (non-hydrogen) atoms. The lowest BCUT2D eigenvalue weighted by molar-refractivity contribution is -0.113. The van der Waals surface area contributed by atoms with Crippen LogP contribution < -0.4 is 10.6 Å². The minimum Gasteiger partial charge on any atom is -0.378 e. The fraction of sp³-hybridized carbons (Fsp3) is 0.909. The number of aliphatic hydroxyl groups is 1. The van der Waals surface area contributed by atoms with E-state index in [1.807, 2.05) is 20.8 Å². The number of piperidine rings is 1. The van der Waals surface area contributed by atoms with Crippen molar-refractivity contribution >= 4 is 6.29 Å². The van der Waals surface area contributed by atoms with Crippen LogP contribution in [-0.2, 0) is 4.79 Å². The summed E-state index contributed by atoms with van der Waals surface area (Å²) in [6.07, 6.45) is 2.19. The molecule has 1 heterocycles. The fourth-order valence-corrected chi connectivity index (χ4v) is 1.66. The average molecular weight is 214 g/mol. The topological polar surface area (TPSA) is 61.4 Å². The second kappa shape index (κ2) is 5.05. The zero-order valence-corrected chi connectivity index (χ0v) is 9.79. The SMILES string of the molecule is CC(C)(C)C(O)NC1NCCCC1C=O. The average Bonchev–Trinajstić information content (AvgIpc) is 2.17. The summed E-state index contributed by atoms with van der Waals surface area (Å²) < 4.78 is 0. The molecule has 1 aliphatic rings. The highest BCUT2D eigenvalue weighted by Gasteiger charge is 2.30. The number of carbonyl (C=O) groups is 1. The number of aliphatic hydroxyl groups excluding tert-OH is 1. The van der Waals surface area contributed by atoms with Crippen molar-refractivity contribution in [3.05, 3.63) is 0 Å². The van der Waals surface area contributed by atoms with E-state index in [9.17, 15) is 9.90 Å². The molecule has 3 atom stereocenters. The van der Waals surface area contributed by atoms with Gasteiger partial charge in [-0.3, -0.25) is 5.32 Å². The summed E-state index contributed by atoms with van der Waals surface area (Å²) in [6, 6.07) is 0. The summed E-state index contributed by atoms with van der Waals surface area (Å²) in [4.78, 5) is 10.8. The Morgan fingerprint density at radius 3 is 2.73 bits per heavy atom. The van der Waals surface area contributed by atoms with Crippen molar-refractivity contribution in [2.24, 2.45) is 11.3 Å². The molecule has 1 aliphatic heterocycles. The first-order valence-corrected chi connectivity index (χ1v) is 5.58. The largest absolute Gasteiger partial charge is 0.378 e. The second-order valence-corrected chi connectivity index (χ2v) is 5.31. The molecule has 0 aromatic rings. The molecule has 4 heteroatoms. The molecule has 0 saturated carbocycles. The number of hydrogen-bond donors (Lipinski definition) is 3. The van der Waals surface area contributed by atoms with Crippen molar-refractivity contribution in [1.82, 2.24) is 10.6 Å². The lowest BCUT2D eigenvalue weighted by Gasteiger charge is -2.36. The number of hydrogen-bond acceptors (Lipinski definition) is 4. The van der Waals surface area contributed by atoms with Gasteiger partial charge in [0.2, 0.25) is 0 Å². The number of nitrogens with one attached hydrogen (secondary N) is 2. The van der Waals surface area contributed by atoms with Gasteiger partial charge in [-0.25, -0.2) is 0 Å². The van der Waals surface area contributed by atoms with E-state index in [0.29, 0.717) is 0 Å². The summed E-state index contributed by atoms with van der Waals surface area (Å²) in [5.74, 6) is -0.0317. The third kappa shape index (κ3) is 3.55. The van der Waals surface area contributed by atoms with Crippen LogP contribution in [0.2, 0.25) is 0 Å². The molecule has 88 valence electrons. The van der Waals surface area contributed by atoms with E-state index in [2.05, 4.69) is 10.6 Å². The lowest BCUT2D eigenvalue weighted by atomic mass is 9.92. The Morgan fingerprint density at radius 2 is 2.20 bits per heavy atom. The van der Waals surface area contributed by atoms with Crippen molar-refractivity contribution < 1.29 is 9.90 Å². The Kier molecular flexibility index (Phi) is 4.25. The Balaban J connectivity index is 2.51. The maximum absolute atomic E-state index is 10.8. The predicted octanol–water partition coefficient (Wildman–Crippen LogP) is 0.465. The van der Waals surface area contributed by atoms with Crippen molar-refractivity contribution in [3.63, 3.8) is 0 Å². The molecule has 0 spiro atoms. The Morgan fingerprint density at radius 1 is 1.53 bits per heavy atom. The Bertz CT molecular complexity index is 213. The van der Waals surface area contributed by atoms with Gasteiger partial charge >= 0.3 is 0 Å². The van der Waals surface area contributed by atoms with Crippen LogP contribution in [0.25, 0.3) is 0 Å². The molecule has 1 saturated heterocycles. The zero-order valence-electron chi connectivity index (χ0n) is 9.79. The monoisotopic (exact) mass is 214 g/mol. The maximum Gasteiger partial charge on any atom is 0.125 e. The van der Waals surface area contributed by atoms with Crippen LogP contribution in [0.1, 0.15) is 33.6 Å². The molecule has 0 radical (unpaired) electrons. The van der Waals surface area contributed by atoms with Gasteiger partial charge in [0.15, 0.2) is 0 Å². The molecule has 0 aromatic carbocycles. The highest BCUT2D eigenvalue weighted by molar-refractivity contribution is 5.54. The predicted molar refractivity (Wildman–Crippen MR) is 59.2 cm³/mol. The molecule has 0 amide bonds. The van der Waals surface area contributed by atoms with Gasteiger partial charge in [0, 0.05) is 11.3 Å². The molecule has 1 rings (SSSR count). The second-order valence-electron chi connectivity index (χ2n) is 5.31.